The Morgan fingerprint density at radius 2 is 2.17 bits per heavy atom. The summed E-state index contributed by atoms with van der Waals surface area (Å²) >= 11 is 0. The molecule has 0 radical (unpaired) electrons. The maximum absolute atomic E-state index is 5.78. The summed E-state index contributed by atoms with van der Waals surface area (Å²) in [5.74, 6) is 0.630. The second-order valence-corrected chi connectivity index (χ2v) is 4.78. The van der Waals surface area contributed by atoms with Crippen LogP contribution in [0.5, 0.6) is 0 Å². The van der Waals surface area contributed by atoms with Gasteiger partial charge in [0.05, 0.1) is 0 Å². The molecule has 4 nitrogen and oxygen atoms in total. The summed E-state index contributed by atoms with van der Waals surface area (Å²) in [6.45, 7) is 8.42. The van der Waals surface area contributed by atoms with Crippen LogP contribution in [-0.4, -0.2) is 18.1 Å². The first kappa shape index (κ1) is 12.7. The Balaban J connectivity index is 2.28. The lowest BCUT2D eigenvalue weighted by atomic mass is 10.1. The van der Waals surface area contributed by atoms with Crippen molar-refractivity contribution >= 4 is 22.8 Å². The highest BCUT2D eigenvalue weighted by Crippen LogP contribution is 2.24. The van der Waals surface area contributed by atoms with Crippen molar-refractivity contribution in [2.24, 2.45) is 5.92 Å². The molecule has 2 N–H and O–H groups in total. The number of rotatable bonds is 5. The topological polar surface area (TPSA) is 55.3 Å². The van der Waals surface area contributed by atoms with Gasteiger partial charge in [0, 0.05) is 18.8 Å². The molecule has 0 aliphatic heterocycles. The van der Waals surface area contributed by atoms with E-state index >= 15 is 0 Å². The molecule has 0 saturated heterocycles. The van der Waals surface area contributed by atoms with Crippen LogP contribution in [0.4, 0.5) is 11.7 Å². The first-order chi connectivity index (χ1) is 8.63. The van der Waals surface area contributed by atoms with Gasteiger partial charge in [-0.1, -0.05) is 20.3 Å². The molecule has 1 atom stereocenters. The van der Waals surface area contributed by atoms with E-state index in [4.69, 9.17) is 10.2 Å². The fourth-order valence-corrected chi connectivity index (χ4v) is 1.92. The van der Waals surface area contributed by atoms with Gasteiger partial charge < -0.3 is 15.1 Å². The fraction of sp³-hybridized carbons (Fsp3) is 0.500. The number of hydrogen-bond acceptors (Lipinski definition) is 4. The van der Waals surface area contributed by atoms with E-state index in [2.05, 4.69) is 30.7 Å². The van der Waals surface area contributed by atoms with Crippen molar-refractivity contribution in [1.82, 2.24) is 4.98 Å². The summed E-state index contributed by atoms with van der Waals surface area (Å²) in [4.78, 5) is 6.68. The van der Waals surface area contributed by atoms with Gasteiger partial charge in [0.2, 0.25) is 0 Å². The summed E-state index contributed by atoms with van der Waals surface area (Å²) in [5, 5.41) is 0. The SMILES string of the molecule is CCC(C)CN(CC)c1nc2cc(N)ccc2o1. The van der Waals surface area contributed by atoms with Crippen LogP contribution >= 0.6 is 0 Å². The second-order valence-electron chi connectivity index (χ2n) is 4.78. The lowest BCUT2D eigenvalue weighted by Crippen LogP contribution is -2.28. The molecule has 4 heteroatoms. The standard InChI is InChI=1S/C14H21N3O/c1-4-10(3)9-17(5-2)14-16-12-8-11(15)6-7-13(12)18-14/h6-8,10H,4-5,9,15H2,1-3H3. The Morgan fingerprint density at radius 3 is 2.83 bits per heavy atom. The van der Waals surface area contributed by atoms with Crippen LogP contribution in [-0.2, 0) is 0 Å². The van der Waals surface area contributed by atoms with Gasteiger partial charge in [-0.15, -0.1) is 0 Å². The van der Waals surface area contributed by atoms with E-state index in [1.54, 1.807) is 0 Å². The van der Waals surface area contributed by atoms with Gasteiger partial charge in [0.25, 0.3) is 6.01 Å². The average molecular weight is 247 g/mol. The quantitative estimate of drug-likeness (QED) is 0.824. The third-order valence-electron chi connectivity index (χ3n) is 3.28. The summed E-state index contributed by atoms with van der Waals surface area (Å²) in [5.41, 5.74) is 8.08. The van der Waals surface area contributed by atoms with Crippen LogP contribution in [0, 0.1) is 5.92 Å². The van der Waals surface area contributed by atoms with Gasteiger partial charge in [-0.05, 0) is 31.0 Å². The van der Waals surface area contributed by atoms with Crippen molar-refractivity contribution in [3.63, 3.8) is 0 Å². The Bertz CT molecular complexity index is 521. The first-order valence-corrected chi connectivity index (χ1v) is 6.55. The Morgan fingerprint density at radius 1 is 1.39 bits per heavy atom. The van der Waals surface area contributed by atoms with Gasteiger partial charge in [0.15, 0.2) is 5.58 Å². The minimum atomic E-state index is 0.630. The Labute approximate surface area is 108 Å². The smallest absolute Gasteiger partial charge is 0.298 e. The van der Waals surface area contributed by atoms with Crippen molar-refractivity contribution in [2.75, 3.05) is 23.7 Å². The average Bonchev–Trinajstić information content (AvgIpc) is 2.78. The van der Waals surface area contributed by atoms with Gasteiger partial charge >= 0.3 is 0 Å². The third kappa shape index (κ3) is 2.58. The van der Waals surface area contributed by atoms with Crippen LogP contribution in [0.2, 0.25) is 0 Å². The van der Waals surface area contributed by atoms with E-state index in [1.807, 2.05) is 18.2 Å². The monoisotopic (exact) mass is 247 g/mol. The number of fused-ring (bicyclic) bond motifs is 1. The molecule has 18 heavy (non-hydrogen) atoms. The molecule has 0 aliphatic carbocycles. The maximum atomic E-state index is 5.78. The number of nitrogen functional groups attached to an aromatic ring is 1. The normalized spacial score (nSPS) is 12.8. The summed E-state index contributed by atoms with van der Waals surface area (Å²) in [6.07, 6.45) is 1.16. The number of benzene rings is 1. The van der Waals surface area contributed by atoms with E-state index < -0.39 is 0 Å². The number of oxazole rings is 1. The highest BCUT2D eigenvalue weighted by molar-refractivity contribution is 5.78. The molecule has 0 saturated carbocycles. The van der Waals surface area contributed by atoms with Crippen LogP contribution in [0.15, 0.2) is 22.6 Å². The lowest BCUT2D eigenvalue weighted by Gasteiger charge is -2.21. The predicted octanol–water partition coefficient (Wildman–Crippen LogP) is 3.28. The summed E-state index contributed by atoms with van der Waals surface area (Å²) in [7, 11) is 0. The van der Waals surface area contributed by atoms with Crippen molar-refractivity contribution < 1.29 is 4.42 Å². The molecule has 2 aromatic rings. The zero-order valence-corrected chi connectivity index (χ0v) is 11.3. The number of hydrogen-bond donors (Lipinski definition) is 1. The molecule has 1 aromatic heterocycles. The highest BCUT2D eigenvalue weighted by atomic mass is 16.4. The molecule has 2 rings (SSSR count). The number of nitrogens with zero attached hydrogens (tertiary/aromatic N) is 2. The van der Waals surface area contributed by atoms with Crippen LogP contribution in [0.25, 0.3) is 11.1 Å². The predicted molar refractivity (Wildman–Crippen MR) is 75.8 cm³/mol. The van der Waals surface area contributed by atoms with Gasteiger partial charge in [0.1, 0.15) is 5.52 Å². The molecule has 1 aromatic carbocycles. The van der Waals surface area contributed by atoms with E-state index in [0.29, 0.717) is 17.6 Å². The van der Waals surface area contributed by atoms with E-state index in [0.717, 1.165) is 30.6 Å². The van der Waals surface area contributed by atoms with E-state index in [1.165, 1.54) is 0 Å². The van der Waals surface area contributed by atoms with E-state index in [-0.39, 0.29) is 0 Å². The molecule has 0 fully saturated rings. The molecule has 1 unspecified atom stereocenters. The highest BCUT2D eigenvalue weighted by Gasteiger charge is 2.14. The largest absolute Gasteiger partial charge is 0.423 e. The Kier molecular flexibility index (Phi) is 3.75. The second kappa shape index (κ2) is 5.29. The van der Waals surface area contributed by atoms with Gasteiger partial charge in [-0.3, -0.25) is 0 Å². The molecule has 1 heterocycles. The minimum absolute atomic E-state index is 0.630. The number of aromatic nitrogens is 1. The molecule has 0 aliphatic rings. The lowest BCUT2D eigenvalue weighted by molar-refractivity contribution is 0.504. The van der Waals surface area contributed by atoms with Gasteiger partial charge in [-0.25, -0.2) is 0 Å². The van der Waals surface area contributed by atoms with E-state index in [9.17, 15) is 0 Å². The van der Waals surface area contributed by atoms with Crippen molar-refractivity contribution in [1.29, 1.82) is 0 Å². The number of nitrogens with two attached hydrogens (primary N) is 1. The third-order valence-corrected chi connectivity index (χ3v) is 3.28. The van der Waals surface area contributed by atoms with Crippen molar-refractivity contribution in [2.45, 2.75) is 27.2 Å². The minimum Gasteiger partial charge on any atom is -0.423 e. The molecule has 98 valence electrons. The molecule has 0 bridgehead atoms. The zero-order valence-electron chi connectivity index (χ0n) is 11.3. The molecule has 0 spiro atoms. The van der Waals surface area contributed by atoms with Gasteiger partial charge in [-0.2, -0.15) is 4.98 Å². The molecular formula is C14H21N3O. The number of anilines is 2. The van der Waals surface area contributed by atoms with Crippen LogP contribution in [0.1, 0.15) is 27.2 Å². The molecular weight excluding hydrogens is 226 g/mol. The summed E-state index contributed by atoms with van der Waals surface area (Å²) in [6, 6.07) is 6.25. The van der Waals surface area contributed by atoms with Crippen molar-refractivity contribution in [3.05, 3.63) is 18.2 Å². The Hall–Kier alpha value is -1.71. The fourth-order valence-electron chi connectivity index (χ4n) is 1.92. The maximum Gasteiger partial charge on any atom is 0.298 e. The zero-order chi connectivity index (χ0) is 13.1. The van der Waals surface area contributed by atoms with Crippen LogP contribution < -0.4 is 10.6 Å². The molecule has 0 amide bonds. The van der Waals surface area contributed by atoms with Crippen molar-refractivity contribution in [3.8, 4) is 0 Å². The van der Waals surface area contributed by atoms with Crippen LogP contribution in [0.3, 0.4) is 0 Å². The first-order valence-electron chi connectivity index (χ1n) is 6.55. The summed E-state index contributed by atoms with van der Waals surface area (Å²) < 4.78 is 5.78.